The lowest BCUT2D eigenvalue weighted by molar-refractivity contribution is -0.168. The molecule has 1 aliphatic heterocycles. The normalized spacial score (nSPS) is 15.5. The van der Waals surface area contributed by atoms with Crippen molar-refractivity contribution in [2.45, 2.75) is 232 Å². The van der Waals surface area contributed by atoms with Gasteiger partial charge in [-0.25, -0.2) is 0 Å². The van der Waals surface area contributed by atoms with Crippen molar-refractivity contribution in [2.24, 2.45) is 17.3 Å². The van der Waals surface area contributed by atoms with E-state index in [4.69, 9.17) is 14.2 Å². The maximum absolute atomic E-state index is 12.5. The maximum atomic E-state index is 12.5. The molecule has 1 spiro atoms. The highest BCUT2D eigenvalue weighted by molar-refractivity contribution is 5.69. The second-order valence-electron chi connectivity index (χ2n) is 16.9. The number of rotatable bonds is 36. The van der Waals surface area contributed by atoms with Crippen molar-refractivity contribution in [2.75, 3.05) is 26.4 Å². The number of ether oxygens (including phenoxy) is 3. The first-order valence-electron chi connectivity index (χ1n) is 22.6. The number of esters is 2. The maximum Gasteiger partial charge on any atom is 0.305 e. The van der Waals surface area contributed by atoms with Crippen molar-refractivity contribution >= 4 is 11.9 Å². The molecule has 1 aliphatic carbocycles. The average molecular weight is 720 g/mol. The van der Waals surface area contributed by atoms with E-state index in [9.17, 15) is 9.59 Å². The Kier molecular flexibility index (Phi) is 27.3. The molecule has 1 saturated carbocycles. The van der Waals surface area contributed by atoms with Crippen LogP contribution >= 0.6 is 0 Å². The van der Waals surface area contributed by atoms with Gasteiger partial charge in [-0.15, -0.1) is 0 Å². The zero-order valence-electron chi connectivity index (χ0n) is 34.4. The van der Waals surface area contributed by atoms with Gasteiger partial charge in [0.05, 0.1) is 26.4 Å². The van der Waals surface area contributed by atoms with Crippen LogP contribution in [0, 0.1) is 17.3 Å². The van der Waals surface area contributed by atoms with Gasteiger partial charge in [0.15, 0.2) is 0 Å². The molecule has 6 nitrogen and oxygen atoms in total. The number of carbonyl (C=O) groups is 2. The van der Waals surface area contributed by atoms with E-state index < -0.39 is 0 Å². The van der Waals surface area contributed by atoms with Crippen LogP contribution in [0.15, 0.2) is 0 Å². The third kappa shape index (κ3) is 22.6. The molecule has 6 heteroatoms. The minimum Gasteiger partial charge on any atom is -0.466 e. The third-order valence-corrected chi connectivity index (χ3v) is 12.0. The standard InChI is InChI=1S/C45H85NO5/c1-5-9-15-23-39(24-16-10-6-2)31-33-50-43(47)29-21-13-19-27-41(46-42-35-45(36-42)37-49-38-45)28-20-14-22-30-44(48)51-34-32-40(25-17-11-7-3)26-18-12-8-4/h39-42,46H,5-38H2,1-4H3. The van der Waals surface area contributed by atoms with Gasteiger partial charge in [0.25, 0.3) is 0 Å². The van der Waals surface area contributed by atoms with Crippen LogP contribution in [0.1, 0.15) is 220 Å². The Bertz CT molecular complexity index is 764. The third-order valence-electron chi connectivity index (χ3n) is 12.0. The number of unbranched alkanes of at least 4 members (excludes halogenated alkanes) is 12. The van der Waals surface area contributed by atoms with Gasteiger partial charge < -0.3 is 19.5 Å². The van der Waals surface area contributed by atoms with Gasteiger partial charge in [-0.1, -0.05) is 156 Å². The van der Waals surface area contributed by atoms with Crippen molar-refractivity contribution in [3.8, 4) is 0 Å². The largest absolute Gasteiger partial charge is 0.466 e. The summed E-state index contributed by atoms with van der Waals surface area (Å²) in [6.07, 6.45) is 34.9. The van der Waals surface area contributed by atoms with Crippen LogP contribution in [0.3, 0.4) is 0 Å². The lowest BCUT2D eigenvalue weighted by atomic mass is 9.64. The predicted molar refractivity (Wildman–Crippen MR) is 214 cm³/mol. The summed E-state index contributed by atoms with van der Waals surface area (Å²) < 4.78 is 16.9. The van der Waals surface area contributed by atoms with E-state index in [1.165, 1.54) is 116 Å². The molecule has 0 aromatic heterocycles. The van der Waals surface area contributed by atoms with Crippen LogP contribution < -0.4 is 5.32 Å². The SMILES string of the molecule is CCCCCC(CCCCC)CCOC(=O)CCCCCC(CCCCCC(=O)OCCC(CCCCC)CCCCC)NC1CC2(COC2)C1. The summed E-state index contributed by atoms with van der Waals surface area (Å²) in [5.74, 6) is 1.40. The minimum absolute atomic E-state index is 0.00897. The molecular weight excluding hydrogens is 634 g/mol. The van der Waals surface area contributed by atoms with Crippen molar-refractivity contribution in [1.82, 2.24) is 5.32 Å². The van der Waals surface area contributed by atoms with Crippen LogP contribution in [0.2, 0.25) is 0 Å². The van der Waals surface area contributed by atoms with Gasteiger partial charge in [0, 0.05) is 30.3 Å². The Morgan fingerprint density at radius 3 is 1.29 bits per heavy atom. The summed E-state index contributed by atoms with van der Waals surface area (Å²) in [6, 6.07) is 1.13. The van der Waals surface area contributed by atoms with Crippen LogP contribution in [-0.2, 0) is 23.8 Å². The number of carbonyl (C=O) groups excluding carboxylic acids is 2. The summed E-state index contributed by atoms with van der Waals surface area (Å²) >= 11 is 0. The summed E-state index contributed by atoms with van der Waals surface area (Å²) in [5.41, 5.74) is 0.471. The zero-order valence-corrected chi connectivity index (χ0v) is 34.4. The molecule has 0 aromatic rings. The van der Waals surface area contributed by atoms with Gasteiger partial charge in [-0.3, -0.25) is 9.59 Å². The van der Waals surface area contributed by atoms with E-state index in [0.29, 0.717) is 55.4 Å². The monoisotopic (exact) mass is 720 g/mol. The molecule has 0 amide bonds. The Morgan fingerprint density at radius 1 is 0.549 bits per heavy atom. The summed E-state index contributed by atoms with van der Waals surface area (Å²) in [7, 11) is 0. The van der Waals surface area contributed by atoms with Crippen LogP contribution in [0.4, 0.5) is 0 Å². The lowest BCUT2D eigenvalue weighted by Gasteiger charge is -2.54. The van der Waals surface area contributed by atoms with Gasteiger partial charge in [-0.2, -0.15) is 0 Å². The highest BCUT2D eigenvalue weighted by Gasteiger charge is 2.49. The molecule has 2 rings (SSSR count). The van der Waals surface area contributed by atoms with Gasteiger partial charge in [-0.05, 0) is 63.2 Å². The van der Waals surface area contributed by atoms with Crippen LogP contribution in [0.25, 0.3) is 0 Å². The molecule has 51 heavy (non-hydrogen) atoms. The van der Waals surface area contributed by atoms with E-state index >= 15 is 0 Å². The Hall–Kier alpha value is -1.14. The van der Waals surface area contributed by atoms with Crippen molar-refractivity contribution in [3.63, 3.8) is 0 Å². The van der Waals surface area contributed by atoms with Crippen molar-refractivity contribution < 1.29 is 23.8 Å². The summed E-state index contributed by atoms with van der Waals surface area (Å²) in [4.78, 5) is 25.0. The molecule has 0 bridgehead atoms. The molecule has 1 saturated heterocycles. The molecule has 0 aromatic carbocycles. The number of nitrogens with one attached hydrogen (secondary N) is 1. The fourth-order valence-corrected chi connectivity index (χ4v) is 8.47. The smallest absolute Gasteiger partial charge is 0.305 e. The fourth-order valence-electron chi connectivity index (χ4n) is 8.47. The molecule has 2 fully saturated rings. The molecule has 2 aliphatic rings. The lowest BCUT2D eigenvalue weighted by Crippen LogP contribution is -2.60. The van der Waals surface area contributed by atoms with E-state index in [-0.39, 0.29) is 11.9 Å². The first-order valence-corrected chi connectivity index (χ1v) is 22.6. The van der Waals surface area contributed by atoms with Crippen LogP contribution in [0.5, 0.6) is 0 Å². The second kappa shape index (κ2) is 30.2. The van der Waals surface area contributed by atoms with E-state index in [0.717, 1.165) is 77.4 Å². The Labute approximate surface area is 316 Å². The van der Waals surface area contributed by atoms with E-state index in [2.05, 4.69) is 33.0 Å². The van der Waals surface area contributed by atoms with E-state index in [1.54, 1.807) is 0 Å². The van der Waals surface area contributed by atoms with Gasteiger partial charge in [0.2, 0.25) is 0 Å². The van der Waals surface area contributed by atoms with Crippen molar-refractivity contribution in [3.05, 3.63) is 0 Å². The fraction of sp³-hybridized carbons (Fsp3) is 0.956. The molecule has 0 atom stereocenters. The Balaban J connectivity index is 1.61. The minimum atomic E-state index is -0.00897. The zero-order chi connectivity index (χ0) is 36.8. The Morgan fingerprint density at radius 2 is 0.941 bits per heavy atom. The van der Waals surface area contributed by atoms with Crippen LogP contribution in [-0.4, -0.2) is 50.4 Å². The van der Waals surface area contributed by atoms with Gasteiger partial charge in [0.1, 0.15) is 0 Å². The van der Waals surface area contributed by atoms with E-state index in [1.807, 2.05) is 0 Å². The average Bonchev–Trinajstić information content (AvgIpc) is 3.08. The molecule has 300 valence electrons. The molecule has 0 unspecified atom stereocenters. The number of hydrogen-bond donors (Lipinski definition) is 1. The molecule has 0 radical (unpaired) electrons. The topological polar surface area (TPSA) is 73.9 Å². The summed E-state index contributed by atoms with van der Waals surface area (Å²) in [6.45, 7) is 12.1. The predicted octanol–water partition coefficient (Wildman–Crippen LogP) is 12.4. The van der Waals surface area contributed by atoms with Gasteiger partial charge >= 0.3 is 11.9 Å². The molecular formula is C45H85NO5. The molecule has 1 N–H and O–H groups in total. The summed E-state index contributed by atoms with van der Waals surface area (Å²) in [5, 5.41) is 3.99. The quantitative estimate of drug-likeness (QED) is 0.0513. The first-order chi connectivity index (χ1) is 24.9. The highest BCUT2D eigenvalue weighted by atomic mass is 16.5. The highest BCUT2D eigenvalue weighted by Crippen LogP contribution is 2.47. The molecule has 1 heterocycles. The van der Waals surface area contributed by atoms with Crippen molar-refractivity contribution in [1.29, 1.82) is 0 Å². The first kappa shape index (κ1) is 46.0. The number of hydrogen-bond acceptors (Lipinski definition) is 6. The second-order valence-corrected chi connectivity index (χ2v) is 16.9.